The van der Waals surface area contributed by atoms with Crippen molar-refractivity contribution in [1.29, 1.82) is 0 Å². The molecule has 1 aromatic carbocycles. The number of fused-ring (bicyclic) bond motifs is 1. The van der Waals surface area contributed by atoms with E-state index in [1.54, 1.807) is 6.07 Å². The number of hydrogen-bond acceptors (Lipinski definition) is 3. The summed E-state index contributed by atoms with van der Waals surface area (Å²) in [7, 11) is -1.96. The molecule has 1 aliphatic rings. The fourth-order valence-corrected chi connectivity index (χ4v) is 4.04. The number of nitrogens with one attached hydrogen (secondary N) is 1. The lowest BCUT2D eigenvalue weighted by molar-refractivity contribution is 0.401. The summed E-state index contributed by atoms with van der Waals surface area (Å²) < 4.78 is 32.9. The molecule has 0 saturated carbocycles. The third-order valence-electron chi connectivity index (χ3n) is 3.99. The molecule has 5 heteroatoms. The second-order valence-electron chi connectivity index (χ2n) is 5.58. The number of benzene rings is 1. The van der Waals surface area contributed by atoms with Gasteiger partial charge in [-0.25, -0.2) is 13.1 Å². The third-order valence-corrected chi connectivity index (χ3v) is 5.47. The molecule has 0 saturated heterocycles. The lowest BCUT2D eigenvalue weighted by Crippen LogP contribution is -2.25. The molecule has 1 N–H and O–H groups in total. The van der Waals surface area contributed by atoms with E-state index in [1.807, 2.05) is 6.07 Å². The predicted molar refractivity (Wildman–Crippen MR) is 84.3 cm³/mol. The van der Waals surface area contributed by atoms with Crippen LogP contribution in [0.15, 0.2) is 17.0 Å². The highest BCUT2D eigenvalue weighted by atomic mass is 32.2. The third kappa shape index (κ3) is 3.98. The molecule has 1 aromatic rings. The van der Waals surface area contributed by atoms with Gasteiger partial charge in [-0.2, -0.15) is 0 Å². The number of methoxy groups -OCH3 is 1. The van der Waals surface area contributed by atoms with Crippen LogP contribution in [0.3, 0.4) is 0 Å². The maximum atomic E-state index is 12.5. The molecule has 0 aromatic heterocycles. The van der Waals surface area contributed by atoms with E-state index in [1.165, 1.54) is 12.7 Å². The van der Waals surface area contributed by atoms with E-state index in [0.29, 0.717) is 12.3 Å². The summed E-state index contributed by atoms with van der Waals surface area (Å²) in [6.45, 7) is 2.58. The van der Waals surface area contributed by atoms with Gasteiger partial charge < -0.3 is 4.74 Å². The molecule has 0 spiro atoms. The molecule has 0 atom stereocenters. The molecule has 2 rings (SSSR count). The quantitative estimate of drug-likeness (QED) is 0.787. The number of hydrogen-bond donors (Lipinski definition) is 1. The average molecular weight is 311 g/mol. The van der Waals surface area contributed by atoms with Crippen LogP contribution in [0.25, 0.3) is 0 Å². The number of ether oxygens (including phenoxy) is 1. The van der Waals surface area contributed by atoms with Crippen LogP contribution in [0.5, 0.6) is 5.75 Å². The van der Waals surface area contributed by atoms with Crippen molar-refractivity contribution in [3.63, 3.8) is 0 Å². The minimum Gasteiger partial charge on any atom is -0.495 e. The largest absolute Gasteiger partial charge is 0.495 e. The van der Waals surface area contributed by atoms with Gasteiger partial charge in [0, 0.05) is 6.54 Å². The fraction of sp³-hybridized carbons (Fsp3) is 0.625. The van der Waals surface area contributed by atoms with Crippen molar-refractivity contribution in [2.24, 2.45) is 0 Å². The topological polar surface area (TPSA) is 55.4 Å². The van der Waals surface area contributed by atoms with Gasteiger partial charge in [0.25, 0.3) is 0 Å². The molecule has 0 unspecified atom stereocenters. The Morgan fingerprint density at radius 3 is 2.43 bits per heavy atom. The Labute approximate surface area is 127 Å². The Morgan fingerprint density at radius 1 is 1.14 bits per heavy atom. The second kappa shape index (κ2) is 7.27. The van der Waals surface area contributed by atoms with E-state index in [2.05, 4.69) is 11.6 Å². The number of rotatable bonds is 7. The van der Waals surface area contributed by atoms with E-state index >= 15 is 0 Å². The number of unbranched alkanes of at least 4 members (excludes halogenated alkanes) is 2. The molecular formula is C16H25NO3S. The van der Waals surface area contributed by atoms with Gasteiger partial charge in [0.2, 0.25) is 10.0 Å². The van der Waals surface area contributed by atoms with Crippen LogP contribution in [0.2, 0.25) is 0 Å². The normalized spacial score (nSPS) is 14.8. The summed E-state index contributed by atoms with van der Waals surface area (Å²) >= 11 is 0. The van der Waals surface area contributed by atoms with Gasteiger partial charge in [-0.3, -0.25) is 0 Å². The van der Waals surface area contributed by atoms with Crippen LogP contribution in [0, 0.1) is 0 Å². The molecule has 0 bridgehead atoms. The molecule has 0 fully saturated rings. The highest BCUT2D eigenvalue weighted by Gasteiger charge is 2.22. The smallest absolute Gasteiger partial charge is 0.244 e. The Kier molecular flexibility index (Phi) is 5.65. The standard InChI is InChI=1S/C16H25NO3S/c1-3-4-7-10-17-21(18,19)16-12-14-9-6-5-8-13(14)11-15(16)20-2/h11-12,17H,3-10H2,1-2H3. The zero-order chi connectivity index (χ0) is 15.3. The summed E-state index contributed by atoms with van der Waals surface area (Å²) in [6.07, 6.45) is 7.23. The molecule has 21 heavy (non-hydrogen) atoms. The minimum atomic E-state index is -3.49. The Balaban J connectivity index is 2.24. The molecular weight excluding hydrogens is 286 g/mol. The van der Waals surface area contributed by atoms with Crippen molar-refractivity contribution >= 4 is 10.0 Å². The van der Waals surface area contributed by atoms with E-state index in [-0.39, 0.29) is 4.90 Å². The average Bonchev–Trinajstić information content (AvgIpc) is 2.50. The van der Waals surface area contributed by atoms with Gasteiger partial charge >= 0.3 is 0 Å². The van der Waals surface area contributed by atoms with Crippen LogP contribution >= 0.6 is 0 Å². The van der Waals surface area contributed by atoms with Crippen LogP contribution in [-0.4, -0.2) is 22.1 Å². The number of sulfonamides is 1. The maximum absolute atomic E-state index is 12.5. The Hall–Kier alpha value is -1.07. The first kappa shape index (κ1) is 16.3. The van der Waals surface area contributed by atoms with E-state index in [0.717, 1.165) is 50.5 Å². The van der Waals surface area contributed by atoms with Crippen LogP contribution in [0.1, 0.15) is 50.2 Å². The summed E-state index contributed by atoms with van der Waals surface area (Å²) in [5.74, 6) is 0.457. The van der Waals surface area contributed by atoms with Crippen LogP contribution in [0.4, 0.5) is 0 Å². The second-order valence-corrected chi connectivity index (χ2v) is 7.32. The van der Waals surface area contributed by atoms with Crippen LogP contribution in [-0.2, 0) is 22.9 Å². The molecule has 1 aliphatic carbocycles. The zero-order valence-corrected chi connectivity index (χ0v) is 13.8. The molecule has 4 nitrogen and oxygen atoms in total. The molecule has 0 heterocycles. The monoisotopic (exact) mass is 311 g/mol. The van der Waals surface area contributed by atoms with Crippen molar-refractivity contribution in [2.75, 3.05) is 13.7 Å². The van der Waals surface area contributed by atoms with E-state index in [9.17, 15) is 8.42 Å². The summed E-state index contributed by atoms with van der Waals surface area (Å²) in [5.41, 5.74) is 2.37. The van der Waals surface area contributed by atoms with Gasteiger partial charge in [-0.1, -0.05) is 19.8 Å². The van der Waals surface area contributed by atoms with Crippen molar-refractivity contribution in [3.8, 4) is 5.75 Å². The summed E-state index contributed by atoms with van der Waals surface area (Å²) in [6, 6.07) is 3.70. The first-order valence-electron chi connectivity index (χ1n) is 7.78. The Bertz CT molecular complexity index is 581. The SMILES string of the molecule is CCCCCNS(=O)(=O)c1cc2c(cc1OC)CCCC2. The molecule has 0 amide bonds. The van der Waals surface area contributed by atoms with Gasteiger partial charge in [0.05, 0.1) is 7.11 Å². The van der Waals surface area contributed by atoms with E-state index in [4.69, 9.17) is 4.74 Å². The Morgan fingerprint density at radius 2 is 1.81 bits per heavy atom. The van der Waals surface area contributed by atoms with E-state index < -0.39 is 10.0 Å². The van der Waals surface area contributed by atoms with Crippen LogP contribution < -0.4 is 9.46 Å². The molecule has 0 aliphatic heterocycles. The van der Waals surface area contributed by atoms with Gasteiger partial charge in [0.1, 0.15) is 10.6 Å². The predicted octanol–water partition coefficient (Wildman–Crippen LogP) is 3.04. The lowest BCUT2D eigenvalue weighted by Gasteiger charge is -2.19. The van der Waals surface area contributed by atoms with Crippen molar-refractivity contribution in [1.82, 2.24) is 4.72 Å². The van der Waals surface area contributed by atoms with Gasteiger partial charge in [0.15, 0.2) is 0 Å². The maximum Gasteiger partial charge on any atom is 0.244 e. The van der Waals surface area contributed by atoms with Crippen molar-refractivity contribution in [2.45, 2.75) is 56.8 Å². The summed E-state index contributed by atoms with van der Waals surface area (Å²) in [4.78, 5) is 0.280. The first-order chi connectivity index (χ1) is 10.1. The van der Waals surface area contributed by atoms with Gasteiger partial charge in [-0.15, -0.1) is 0 Å². The highest BCUT2D eigenvalue weighted by molar-refractivity contribution is 7.89. The minimum absolute atomic E-state index is 0.280. The lowest BCUT2D eigenvalue weighted by atomic mass is 9.92. The van der Waals surface area contributed by atoms with Crippen molar-refractivity contribution < 1.29 is 13.2 Å². The zero-order valence-electron chi connectivity index (χ0n) is 12.9. The highest BCUT2D eigenvalue weighted by Crippen LogP contribution is 2.31. The van der Waals surface area contributed by atoms with Gasteiger partial charge in [-0.05, 0) is 55.4 Å². The molecule has 0 radical (unpaired) electrons. The number of aryl methyl sites for hydroxylation is 2. The molecule has 118 valence electrons. The van der Waals surface area contributed by atoms with Crippen molar-refractivity contribution in [3.05, 3.63) is 23.3 Å². The first-order valence-corrected chi connectivity index (χ1v) is 9.26. The fourth-order valence-electron chi connectivity index (χ4n) is 2.77. The summed E-state index contributed by atoms with van der Waals surface area (Å²) in [5, 5.41) is 0.